The van der Waals surface area contributed by atoms with Crippen LogP contribution >= 0.6 is 0 Å². The molecule has 3 N–H and O–H groups in total. The summed E-state index contributed by atoms with van der Waals surface area (Å²) in [7, 11) is 0. The third-order valence-electron chi connectivity index (χ3n) is 3.73. The maximum absolute atomic E-state index is 4.39. The molecule has 1 aromatic rings. The molecule has 0 radical (unpaired) electrons. The van der Waals surface area contributed by atoms with Crippen LogP contribution in [0.3, 0.4) is 0 Å². The molecule has 0 spiro atoms. The maximum atomic E-state index is 4.39. The van der Waals surface area contributed by atoms with E-state index in [1.54, 1.807) is 0 Å². The standard InChI is InChI=1S/C13H22N4/c1-3-11-12(4-1)16-17-13(11)9-14-7-2-8-15-10-5-6-10/h10,14-15H,1-9H2,(H,16,17). The number of aromatic amines is 1. The van der Waals surface area contributed by atoms with Crippen molar-refractivity contribution in [2.75, 3.05) is 13.1 Å². The first-order valence-electron chi connectivity index (χ1n) is 6.92. The van der Waals surface area contributed by atoms with Gasteiger partial charge < -0.3 is 10.6 Å². The number of aryl methyl sites for hydroxylation is 1. The van der Waals surface area contributed by atoms with Crippen LogP contribution in [0, 0.1) is 0 Å². The van der Waals surface area contributed by atoms with Crippen LogP contribution in [0.4, 0.5) is 0 Å². The highest BCUT2D eigenvalue weighted by Crippen LogP contribution is 2.22. The zero-order chi connectivity index (χ0) is 11.5. The number of aromatic nitrogens is 2. The van der Waals surface area contributed by atoms with Gasteiger partial charge in [-0.1, -0.05) is 0 Å². The first kappa shape index (κ1) is 11.2. The first-order valence-corrected chi connectivity index (χ1v) is 6.92. The van der Waals surface area contributed by atoms with E-state index in [0.29, 0.717) is 0 Å². The predicted molar refractivity (Wildman–Crippen MR) is 68.0 cm³/mol. The molecular formula is C13H22N4. The van der Waals surface area contributed by atoms with Gasteiger partial charge in [0.05, 0.1) is 5.69 Å². The second kappa shape index (κ2) is 5.19. The molecule has 0 aliphatic heterocycles. The predicted octanol–water partition coefficient (Wildman–Crippen LogP) is 1.13. The lowest BCUT2D eigenvalue weighted by Crippen LogP contribution is -2.23. The largest absolute Gasteiger partial charge is 0.314 e. The summed E-state index contributed by atoms with van der Waals surface area (Å²) in [6, 6.07) is 0.838. The van der Waals surface area contributed by atoms with Crippen LogP contribution in [0.5, 0.6) is 0 Å². The van der Waals surface area contributed by atoms with Gasteiger partial charge >= 0.3 is 0 Å². The van der Waals surface area contributed by atoms with Crippen LogP contribution in [0.1, 0.15) is 42.6 Å². The van der Waals surface area contributed by atoms with E-state index in [1.165, 1.54) is 55.5 Å². The Kier molecular flexibility index (Phi) is 3.43. The number of nitrogens with one attached hydrogen (secondary N) is 3. The Hall–Kier alpha value is -0.870. The van der Waals surface area contributed by atoms with Gasteiger partial charge in [0.15, 0.2) is 0 Å². The molecule has 4 nitrogen and oxygen atoms in total. The van der Waals surface area contributed by atoms with Crippen LogP contribution in [-0.2, 0) is 19.4 Å². The van der Waals surface area contributed by atoms with Crippen molar-refractivity contribution in [3.8, 4) is 0 Å². The Balaban J connectivity index is 1.33. The summed E-state index contributed by atoms with van der Waals surface area (Å²) in [5, 5.41) is 14.6. The van der Waals surface area contributed by atoms with Gasteiger partial charge in [-0.15, -0.1) is 0 Å². The number of hydrogen-bond donors (Lipinski definition) is 3. The molecule has 3 rings (SSSR count). The fraction of sp³-hybridized carbons (Fsp3) is 0.769. The molecule has 0 saturated heterocycles. The van der Waals surface area contributed by atoms with E-state index in [9.17, 15) is 0 Å². The van der Waals surface area contributed by atoms with Crippen LogP contribution in [0.15, 0.2) is 0 Å². The van der Waals surface area contributed by atoms with E-state index < -0.39 is 0 Å². The molecule has 0 amide bonds. The molecule has 17 heavy (non-hydrogen) atoms. The number of H-pyrrole nitrogens is 1. The van der Waals surface area contributed by atoms with Crippen molar-refractivity contribution in [3.05, 3.63) is 17.0 Å². The van der Waals surface area contributed by atoms with Crippen molar-refractivity contribution in [1.29, 1.82) is 0 Å². The number of fused-ring (bicyclic) bond motifs is 1. The van der Waals surface area contributed by atoms with Gasteiger partial charge in [-0.25, -0.2) is 0 Å². The molecule has 0 atom stereocenters. The van der Waals surface area contributed by atoms with Gasteiger partial charge in [0.25, 0.3) is 0 Å². The van der Waals surface area contributed by atoms with Crippen molar-refractivity contribution in [3.63, 3.8) is 0 Å². The van der Waals surface area contributed by atoms with Gasteiger partial charge in [0, 0.05) is 18.3 Å². The quantitative estimate of drug-likeness (QED) is 0.620. The monoisotopic (exact) mass is 234 g/mol. The van der Waals surface area contributed by atoms with Gasteiger partial charge in [0.1, 0.15) is 0 Å². The number of hydrogen-bond acceptors (Lipinski definition) is 3. The van der Waals surface area contributed by atoms with Crippen molar-refractivity contribution >= 4 is 0 Å². The van der Waals surface area contributed by atoms with Gasteiger partial charge in [-0.3, -0.25) is 5.10 Å². The Labute approximate surface area is 103 Å². The molecule has 1 fully saturated rings. The van der Waals surface area contributed by atoms with Crippen molar-refractivity contribution < 1.29 is 0 Å². The zero-order valence-corrected chi connectivity index (χ0v) is 10.4. The Morgan fingerprint density at radius 2 is 2.18 bits per heavy atom. The van der Waals surface area contributed by atoms with Crippen LogP contribution in [0.2, 0.25) is 0 Å². The Morgan fingerprint density at radius 3 is 3.06 bits per heavy atom. The molecule has 2 aliphatic rings. The SMILES string of the molecule is C(CNCc1n[nH]c2c1CCC2)CNC1CC1. The second-order valence-corrected chi connectivity index (χ2v) is 5.24. The fourth-order valence-corrected chi connectivity index (χ4v) is 2.55. The van der Waals surface area contributed by atoms with E-state index in [4.69, 9.17) is 0 Å². The van der Waals surface area contributed by atoms with Gasteiger partial charge in [-0.2, -0.15) is 5.10 Å². The summed E-state index contributed by atoms with van der Waals surface area (Å²) < 4.78 is 0. The first-order chi connectivity index (χ1) is 8.43. The molecule has 0 bridgehead atoms. The summed E-state index contributed by atoms with van der Waals surface area (Å²) in [4.78, 5) is 0. The highest BCUT2D eigenvalue weighted by Gasteiger charge is 2.19. The van der Waals surface area contributed by atoms with Crippen molar-refractivity contribution in [2.24, 2.45) is 0 Å². The summed E-state index contributed by atoms with van der Waals surface area (Å²) in [6.45, 7) is 3.16. The lowest BCUT2D eigenvalue weighted by Gasteiger charge is -2.04. The lowest BCUT2D eigenvalue weighted by atomic mass is 10.2. The highest BCUT2D eigenvalue weighted by atomic mass is 15.1. The molecule has 1 aromatic heterocycles. The normalized spacial score (nSPS) is 18.6. The number of nitrogens with zero attached hydrogens (tertiary/aromatic N) is 1. The van der Waals surface area contributed by atoms with Crippen LogP contribution < -0.4 is 10.6 Å². The van der Waals surface area contributed by atoms with Gasteiger partial charge in [0.2, 0.25) is 0 Å². The van der Waals surface area contributed by atoms with E-state index in [2.05, 4.69) is 20.8 Å². The average molecular weight is 234 g/mol. The molecule has 0 aromatic carbocycles. The third kappa shape index (κ3) is 2.87. The van der Waals surface area contributed by atoms with E-state index in [0.717, 1.165) is 25.7 Å². The molecular weight excluding hydrogens is 212 g/mol. The lowest BCUT2D eigenvalue weighted by molar-refractivity contribution is 0.587. The molecule has 2 aliphatic carbocycles. The summed E-state index contributed by atoms with van der Waals surface area (Å²) in [5.41, 5.74) is 4.10. The summed E-state index contributed by atoms with van der Waals surface area (Å²) >= 11 is 0. The summed E-state index contributed by atoms with van der Waals surface area (Å²) in [5.74, 6) is 0. The maximum Gasteiger partial charge on any atom is 0.0794 e. The molecule has 94 valence electrons. The molecule has 1 saturated carbocycles. The minimum Gasteiger partial charge on any atom is -0.314 e. The van der Waals surface area contributed by atoms with Crippen molar-refractivity contribution in [2.45, 2.75) is 51.1 Å². The third-order valence-corrected chi connectivity index (χ3v) is 3.73. The van der Waals surface area contributed by atoms with Gasteiger partial charge in [-0.05, 0) is 57.2 Å². The average Bonchev–Trinajstić information content (AvgIpc) is 2.89. The highest BCUT2D eigenvalue weighted by molar-refractivity contribution is 5.29. The number of rotatable bonds is 7. The topological polar surface area (TPSA) is 52.7 Å². The van der Waals surface area contributed by atoms with E-state index >= 15 is 0 Å². The summed E-state index contributed by atoms with van der Waals surface area (Å²) in [6.07, 6.45) is 7.67. The molecule has 0 unspecified atom stereocenters. The Morgan fingerprint density at radius 1 is 1.24 bits per heavy atom. The molecule has 1 heterocycles. The fourth-order valence-electron chi connectivity index (χ4n) is 2.55. The Bertz CT molecular complexity index is 367. The minimum absolute atomic E-state index is 0.838. The zero-order valence-electron chi connectivity index (χ0n) is 10.4. The van der Waals surface area contributed by atoms with E-state index in [-0.39, 0.29) is 0 Å². The van der Waals surface area contributed by atoms with Crippen LogP contribution in [-0.4, -0.2) is 29.3 Å². The minimum atomic E-state index is 0.838. The second-order valence-electron chi connectivity index (χ2n) is 5.24. The van der Waals surface area contributed by atoms with Crippen molar-refractivity contribution in [1.82, 2.24) is 20.8 Å². The smallest absolute Gasteiger partial charge is 0.0794 e. The van der Waals surface area contributed by atoms with Crippen LogP contribution in [0.25, 0.3) is 0 Å². The van der Waals surface area contributed by atoms with E-state index in [1.807, 2.05) is 0 Å². The molecule has 4 heteroatoms.